The van der Waals surface area contributed by atoms with E-state index in [1.807, 2.05) is 0 Å². The fraction of sp³-hybridized carbons (Fsp3) is 0.143. The summed E-state index contributed by atoms with van der Waals surface area (Å²) < 4.78 is 5.62. The predicted molar refractivity (Wildman–Crippen MR) is 82.8 cm³/mol. The van der Waals surface area contributed by atoms with Crippen LogP contribution in [0.3, 0.4) is 0 Å². The molecular weight excluding hydrogens is 340 g/mol. The summed E-state index contributed by atoms with van der Waals surface area (Å²) in [5.41, 5.74) is 1.72. The molecule has 0 amide bonds. The summed E-state index contributed by atoms with van der Waals surface area (Å²) in [5.74, 6) is 0.432. The SMILES string of the molecule is COc1cc(CNc2ccc([N+](=O)[O-])cc2)cc(Br)c1O. The molecule has 0 unspecified atom stereocenters. The Labute approximate surface area is 129 Å². The topological polar surface area (TPSA) is 84.6 Å². The van der Waals surface area contributed by atoms with Gasteiger partial charge in [-0.1, -0.05) is 0 Å². The Balaban J connectivity index is 2.09. The fourth-order valence-electron chi connectivity index (χ4n) is 1.79. The van der Waals surface area contributed by atoms with Crippen molar-refractivity contribution in [1.29, 1.82) is 0 Å². The van der Waals surface area contributed by atoms with Crippen LogP contribution in [0.25, 0.3) is 0 Å². The molecule has 2 aromatic carbocycles. The van der Waals surface area contributed by atoms with E-state index in [9.17, 15) is 15.2 Å². The maximum atomic E-state index is 10.6. The second-order valence-electron chi connectivity index (χ2n) is 4.29. The van der Waals surface area contributed by atoms with Gasteiger partial charge in [-0.2, -0.15) is 0 Å². The smallest absolute Gasteiger partial charge is 0.269 e. The number of nitro benzene ring substituents is 1. The quantitative estimate of drug-likeness (QED) is 0.633. The zero-order chi connectivity index (χ0) is 15.4. The maximum Gasteiger partial charge on any atom is 0.269 e. The van der Waals surface area contributed by atoms with Gasteiger partial charge in [0.15, 0.2) is 11.5 Å². The minimum absolute atomic E-state index is 0.0506. The number of hydrogen-bond acceptors (Lipinski definition) is 5. The lowest BCUT2D eigenvalue weighted by Crippen LogP contribution is -2.00. The van der Waals surface area contributed by atoms with Crippen molar-refractivity contribution >= 4 is 27.3 Å². The van der Waals surface area contributed by atoms with Crippen molar-refractivity contribution in [2.75, 3.05) is 12.4 Å². The second kappa shape index (κ2) is 6.45. The van der Waals surface area contributed by atoms with Crippen LogP contribution >= 0.6 is 15.9 Å². The third-order valence-electron chi connectivity index (χ3n) is 2.88. The highest BCUT2D eigenvalue weighted by atomic mass is 79.9. The molecule has 0 aliphatic carbocycles. The molecule has 2 rings (SSSR count). The van der Waals surface area contributed by atoms with Crippen LogP contribution in [0.15, 0.2) is 40.9 Å². The lowest BCUT2D eigenvalue weighted by molar-refractivity contribution is -0.384. The van der Waals surface area contributed by atoms with Crippen molar-refractivity contribution in [2.45, 2.75) is 6.54 Å². The molecule has 0 spiro atoms. The van der Waals surface area contributed by atoms with Gasteiger partial charge in [-0.05, 0) is 45.8 Å². The predicted octanol–water partition coefficient (Wildman–Crippen LogP) is 3.68. The summed E-state index contributed by atoms with van der Waals surface area (Å²) in [6, 6.07) is 9.66. The minimum atomic E-state index is -0.439. The molecule has 0 saturated heterocycles. The molecule has 0 fully saturated rings. The summed E-state index contributed by atoms with van der Waals surface area (Å²) in [7, 11) is 1.48. The zero-order valence-electron chi connectivity index (χ0n) is 11.2. The number of methoxy groups -OCH3 is 1. The van der Waals surface area contributed by atoms with Crippen molar-refractivity contribution in [2.24, 2.45) is 0 Å². The summed E-state index contributed by atoms with van der Waals surface area (Å²) >= 11 is 3.26. The largest absolute Gasteiger partial charge is 0.503 e. The van der Waals surface area contributed by atoms with Gasteiger partial charge < -0.3 is 15.2 Å². The fourth-order valence-corrected chi connectivity index (χ4v) is 2.28. The first-order chi connectivity index (χ1) is 10.0. The van der Waals surface area contributed by atoms with Crippen LogP contribution in [-0.2, 0) is 6.54 Å². The molecule has 21 heavy (non-hydrogen) atoms. The van der Waals surface area contributed by atoms with Gasteiger partial charge in [0.05, 0.1) is 16.5 Å². The molecule has 0 aromatic heterocycles. The van der Waals surface area contributed by atoms with Crippen molar-refractivity contribution in [1.82, 2.24) is 0 Å². The van der Waals surface area contributed by atoms with Crippen LogP contribution in [0.1, 0.15) is 5.56 Å². The summed E-state index contributed by atoms with van der Waals surface area (Å²) in [6.45, 7) is 0.493. The first-order valence-electron chi connectivity index (χ1n) is 6.05. The Morgan fingerprint density at radius 3 is 2.57 bits per heavy atom. The van der Waals surface area contributed by atoms with Crippen LogP contribution in [0, 0.1) is 10.1 Å². The number of hydrogen-bond donors (Lipinski definition) is 2. The van der Waals surface area contributed by atoms with Crippen LogP contribution in [-0.4, -0.2) is 17.1 Å². The Kier molecular flexibility index (Phi) is 4.64. The van der Waals surface area contributed by atoms with Gasteiger partial charge in [0.25, 0.3) is 5.69 Å². The number of phenols is 1. The monoisotopic (exact) mass is 352 g/mol. The highest BCUT2D eigenvalue weighted by molar-refractivity contribution is 9.10. The van der Waals surface area contributed by atoms with E-state index in [0.717, 1.165) is 11.3 Å². The molecule has 0 bridgehead atoms. The average molecular weight is 353 g/mol. The minimum Gasteiger partial charge on any atom is -0.503 e. The van der Waals surface area contributed by atoms with Gasteiger partial charge in [-0.25, -0.2) is 0 Å². The Morgan fingerprint density at radius 1 is 1.33 bits per heavy atom. The first-order valence-corrected chi connectivity index (χ1v) is 6.84. The number of rotatable bonds is 5. The highest BCUT2D eigenvalue weighted by Gasteiger charge is 2.09. The lowest BCUT2D eigenvalue weighted by Gasteiger charge is -2.10. The normalized spacial score (nSPS) is 10.2. The molecule has 0 aliphatic heterocycles. The van der Waals surface area contributed by atoms with Crippen LogP contribution in [0.2, 0.25) is 0 Å². The van der Waals surface area contributed by atoms with Crippen molar-refractivity contribution in [3.8, 4) is 11.5 Å². The number of aromatic hydroxyl groups is 1. The Morgan fingerprint density at radius 2 is 2.00 bits per heavy atom. The van der Waals surface area contributed by atoms with Gasteiger partial charge in [0.2, 0.25) is 0 Å². The van der Waals surface area contributed by atoms with E-state index in [0.29, 0.717) is 16.8 Å². The van der Waals surface area contributed by atoms with Crippen LogP contribution < -0.4 is 10.1 Å². The zero-order valence-corrected chi connectivity index (χ0v) is 12.8. The van der Waals surface area contributed by atoms with Crippen molar-refractivity contribution < 1.29 is 14.8 Å². The molecule has 0 atom stereocenters. The van der Waals surface area contributed by atoms with Gasteiger partial charge in [0.1, 0.15) is 0 Å². The van der Waals surface area contributed by atoms with E-state index in [1.165, 1.54) is 19.2 Å². The third kappa shape index (κ3) is 3.63. The summed E-state index contributed by atoms with van der Waals surface area (Å²) in [6.07, 6.45) is 0. The number of halogens is 1. The summed E-state index contributed by atoms with van der Waals surface area (Å²) in [5, 5.41) is 23.5. The first kappa shape index (κ1) is 15.1. The van der Waals surface area contributed by atoms with E-state index in [2.05, 4.69) is 21.2 Å². The second-order valence-corrected chi connectivity index (χ2v) is 5.14. The molecule has 0 saturated carbocycles. The maximum absolute atomic E-state index is 10.6. The van der Waals surface area contributed by atoms with Gasteiger partial charge in [-0.15, -0.1) is 0 Å². The standard InChI is InChI=1S/C14H13BrN2O4/c1-21-13-7-9(6-12(15)14(13)18)8-16-10-2-4-11(5-3-10)17(19)20/h2-7,16,18H,8H2,1H3. The third-order valence-corrected chi connectivity index (χ3v) is 3.49. The number of benzene rings is 2. The van der Waals surface area contributed by atoms with E-state index in [1.54, 1.807) is 24.3 Å². The molecule has 0 heterocycles. The number of nitro groups is 1. The van der Waals surface area contributed by atoms with E-state index in [4.69, 9.17) is 4.74 Å². The molecule has 2 aromatic rings. The number of ether oxygens (including phenoxy) is 1. The van der Waals surface area contributed by atoms with Gasteiger partial charge in [0, 0.05) is 24.4 Å². The van der Waals surface area contributed by atoms with E-state index in [-0.39, 0.29) is 11.4 Å². The molecule has 6 nitrogen and oxygen atoms in total. The number of nitrogens with one attached hydrogen (secondary N) is 1. The number of phenolic OH excluding ortho intramolecular Hbond substituents is 1. The van der Waals surface area contributed by atoms with Gasteiger partial charge >= 0.3 is 0 Å². The number of anilines is 1. The average Bonchev–Trinajstić information content (AvgIpc) is 2.48. The van der Waals surface area contributed by atoms with E-state index >= 15 is 0 Å². The molecule has 0 aliphatic rings. The van der Waals surface area contributed by atoms with E-state index < -0.39 is 4.92 Å². The highest BCUT2D eigenvalue weighted by Crippen LogP contribution is 2.35. The molecule has 7 heteroatoms. The number of nitrogens with zero attached hydrogens (tertiary/aromatic N) is 1. The Bertz CT molecular complexity index is 659. The summed E-state index contributed by atoms with van der Waals surface area (Å²) in [4.78, 5) is 10.1. The molecule has 0 radical (unpaired) electrons. The van der Waals surface area contributed by atoms with Crippen molar-refractivity contribution in [3.05, 3.63) is 56.5 Å². The van der Waals surface area contributed by atoms with Crippen molar-refractivity contribution in [3.63, 3.8) is 0 Å². The molecule has 110 valence electrons. The van der Waals surface area contributed by atoms with Crippen LogP contribution in [0.5, 0.6) is 11.5 Å². The van der Waals surface area contributed by atoms with Crippen LogP contribution in [0.4, 0.5) is 11.4 Å². The Hall–Kier alpha value is -2.28. The molecule has 2 N–H and O–H groups in total. The van der Waals surface area contributed by atoms with Gasteiger partial charge in [-0.3, -0.25) is 10.1 Å². The molecular formula is C14H13BrN2O4. The number of non-ortho nitro benzene ring substituents is 1. The lowest BCUT2D eigenvalue weighted by atomic mass is 10.2.